The molecule has 3 N–H and O–H groups in total. The second-order valence-corrected chi connectivity index (χ2v) is 3.47. The van der Waals surface area contributed by atoms with Gasteiger partial charge < -0.3 is 10.2 Å². The van der Waals surface area contributed by atoms with Gasteiger partial charge >= 0.3 is 0 Å². The highest BCUT2D eigenvalue weighted by Crippen LogP contribution is 2.31. The van der Waals surface area contributed by atoms with Gasteiger partial charge in [-0.15, -0.1) is 0 Å². The van der Waals surface area contributed by atoms with E-state index in [1.165, 1.54) is 12.3 Å². The van der Waals surface area contributed by atoms with E-state index in [1.807, 2.05) is 0 Å². The van der Waals surface area contributed by atoms with E-state index >= 15 is 0 Å². The first-order valence-electron chi connectivity index (χ1n) is 4.72. The number of furan rings is 1. The predicted molar refractivity (Wildman–Crippen MR) is 58.2 cm³/mol. The number of aromatic amines is 1. The Labute approximate surface area is 89.9 Å². The van der Waals surface area contributed by atoms with E-state index in [4.69, 9.17) is 10.2 Å². The fraction of sp³-hybridized carbons (Fsp3) is 0. The summed E-state index contributed by atoms with van der Waals surface area (Å²) in [6.07, 6.45) is 1.52. The van der Waals surface area contributed by atoms with Gasteiger partial charge in [-0.3, -0.25) is 5.10 Å². The third-order valence-corrected chi connectivity index (χ3v) is 2.44. The first kappa shape index (κ1) is 8.96. The summed E-state index contributed by atoms with van der Waals surface area (Å²) in [6.45, 7) is 0. The lowest BCUT2D eigenvalue weighted by Gasteiger charge is -2.00. The van der Waals surface area contributed by atoms with Crippen molar-refractivity contribution in [3.05, 3.63) is 36.3 Å². The molecule has 0 bridgehead atoms. The number of hydrogen-bond donors (Lipinski definition) is 2. The zero-order chi connectivity index (χ0) is 11.1. The summed E-state index contributed by atoms with van der Waals surface area (Å²) in [5.41, 5.74) is 6.84. The molecule has 0 unspecified atom stereocenters. The summed E-state index contributed by atoms with van der Waals surface area (Å²) in [5.74, 6) is -0.0518. The third-order valence-electron chi connectivity index (χ3n) is 2.44. The molecule has 0 spiro atoms. The van der Waals surface area contributed by atoms with Gasteiger partial charge in [0, 0.05) is 11.5 Å². The number of fused-ring (bicyclic) bond motifs is 1. The number of H-pyrrole nitrogens is 1. The van der Waals surface area contributed by atoms with E-state index in [0.717, 1.165) is 5.39 Å². The van der Waals surface area contributed by atoms with Crippen LogP contribution in [0.1, 0.15) is 0 Å². The van der Waals surface area contributed by atoms with Crippen molar-refractivity contribution in [3.63, 3.8) is 0 Å². The van der Waals surface area contributed by atoms with Crippen molar-refractivity contribution in [2.75, 3.05) is 5.73 Å². The molecule has 0 aliphatic carbocycles. The fourth-order valence-corrected chi connectivity index (χ4v) is 1.72. The molecule has 0 saturated heterocycles. The Bertz CT molecular complexity index is 656. The van der Waals surface area contributed by atoms with E-state index in [9.17, 15) is 4.39 Å². The van der Waals surface area contributed by atoms with Crippen molar-refractivity contribution in [2.24, 2.45) is 0 Å². The summed E-state index contributed by atoms with van der Waals surface area (Å²) in [7, 11) is 0. The highest BCUT2D eigenvalue weighted by Gasteiger charge is 2.14. The zero-order valence-electron chi connectivity index (χ0n) is 8.20. The fourth-order valence-electron chi connectivity index (χ4n) is 1.72. The number of nitrogen functional groups attached to an aromatic ring is 1. The van der Waals surface area contributed by atoms with E-state index in [2.05, 4.69) is 10.2 Å². The Kier molecular flexibility index (Phi) is 1.73. The van der Waals surface area contributed by atoms with Crippen molar-refractivity contribution < 1.29 is 8.81 Å². The summed E-state index contributed by atoms with van der Waals surface area (Å²) in [6, 6.07) is 6.40. The highest BCUT2D eigenvalue weighted by molar-refractivity contribution is 5.92. The molecule has 0 fully saturated rings. The number of aromatic nitrogens is 2. The minimum Gasteiger partial charge on any atom is -0.464 e. The van der Waals surface area contributed by atoms with Crippen LogP contribution in [0.25, 0.3) is 22.2 Å². The Morgan fingerprint density at radius 2 is 2.19 bits per heavy atom. The Morgan fingerprint density at radius 1 is 1.31 bits per heavy atom. The van der Waals surface area contributed by atoms with Crippen LogP contribution in [-0.2, 0) is 0 Å². The van der Waals surface area contributed by atoms with Crippen LogP contribution in [0, 0.1) is 5.82 Å². The monoisotopic (exact) mass is 217 g/mol. The third kappa shape index (κ3) is 1.18. The van der Waals surface area contributed by atoms with Gasteiger partial charge in [0.25, 0.3) is 0 Å². The van der Waals surface area contributed by atoms with Gasteiger partial charge in [-0.2, -0.15) is 5.10 Å². The van der Waals surface area contributed by atoms with Gasteiger partial charge in [-0.25, -0.2) is 4.39 Å². The lowest BCUT2D eigenvalue weighted by molar-refractivity contribution is 0.601. The van der Waals surface area contributed by atoms with Crippen LogP contribution in [0.5, 0.6) is 0 Å². The van der Waals surface area contributed by atoms with Crippen molar-refractivity contribution in [3.8, 4) is 11.3 Å². The van der Waals surface area contributed by atoms with Crippen LogP contribution in [-0.4, -0.2) is 10.2 Å². The molecule has 0 atom stereocenters. The van der Waals surface area contributed by atoms with Gasteiger partial charge in [0.1, 0.15) is 17.2 Å². The molecular formula is C11H8FN3O. The van der Waals surface area contributed by atoms with Gasteiger partial charge in [0.05, 0.1) is 17.5 Å². The van der Waals surface area contributed by atoms with E-state index in [0.29, 0.717) is 22.7 Å². The second kappa shape index (κ2) is 3.10. The highest BCUT2D eigenvalue weighted by atomic mass is 19.1. The maximum absolute atomic E-state index is 13.7. The van der Waals surface area contributed by atoms with Gasteiger partial charge in [-0.1, -0.05) is 0 Å². The number of nitrogens with zero attached hydrogens (tertiary/aromatic N) is 1. The smallest absolute Gasteiger partial charge is 0.146 e. The van der Waals surface area contributed by atoms with Crippen molar-refractivity contribution in [1.29, 1.82) is 0 Å². The van der Waals surface area contributed by atoms with E-state index < -0.39 is 0 Å². The molecule has 0 amide bonds. The quantitative estimate of drug-likeness (QED) is 0.658. The van der Waals surface area contributed by atoms with Gasteiger partial charge in [0.2, 0.25) is 0 Å². The summed E-state index contributed by atoms with van der Waals surface area (Å²) < 4.78 is 19.0. The summed E-state index contributed by atoms with van der Waals surface area (Å²) in [4.78, 5) is 0. The maximum atomic E-state index is 13.7. The molecule has 16 heavy (non-hydrogen) atoms. The summed E-state index contributed by atoms with van der Waals surface area (Å²) in [5, 5.41) is 7.28. The number of rotatable bonds is 1. The molecule has 0 aliphatic rings. The molecule has 5 heteroatoms. The minimum absolute atomic E-state index is 0.318. The minimum atomic E-state index is -0.369. The van der Waals surface area contributed by atoms with Crippen molar-refractivity contribution >= 4 is 16.8 Å². The topological polar surface area (TPSA) is 67.8 Å². The molecule has 0 radical (unpaired) electrons. The summed E-state index contributed by atoms with van der Waals surface area (Å²) >= 11 is 0. The standard InChI is InChI=1S/C11H8FN3O/c12-7-2-1-6-3-4-16-11(6)10(7)8-5-9(13)15-14-8/h1-5H,(H3,13,14,15). The molecular weight excluding hydrogens is 209 g/mol. The number of nitrogens with one attached hydrogen (secondary N) is 1. The maximum Gasteiger partial charge on any atom is 0.146 e. The Hall–Kier alpha value is -2.30. The largest absolute Gasteiger partial charge is 0.464 e. The first-order valence-corrected chi connectivity index (χ1v) is 4.72. The average molecular weight is 217 g/mol. The molecule has 0 saturated carbocycles. The molecule has 0 aliphatic heterocycles. The normalized spacial score (nSPS) is 11.1. The average Bonchev–Trinajstić information content (AvgIpc) is 2.86. The van der Waals surface area contributed by atoms with Crippen LogP contribution < -0.4 is 5.73 Å². The van der Waals surface area contributed by atoms with Crippen molar-refractivity contribution in [1.82, 2.24) is 10.2 Å². The first-order chi connectivity index (χ1) is 7.75. The number of hydrogen-bond acceptors (Lipinski definition) is 3. The molecule has 1 aromatic carbocycles. The lowest BCUT2D eigenvalue weighted by atomic mass is 10.1. The van der Waals surface area contributed by atoms with E-state index in [-0.39, 0.29) is 5.82 Å². The number of halogens is 1. The molecule has 2 aromatic heterocycles. The molecule has 2 heterocycles. The second-order valence-electron chi connectivity index (χ2n) is 3.47. The Morgan fingerprint density at radius 3 is 2.94 bits per heavy atom. The van der Waals surface area contributed by atoms with E-state index in [1.54, 1.807) is 18.2 Å². The number of nitrogens with two attached hydrogens (primary N) is 1. The molecule has 3 rings (SSSR count). The van der Waals surface area contributed by atoms with Crippen LogP contribution in [0.3, 0.4) is 0 Å². The SMILES string of the molecule is Nc1cc(-c2c(F)ccc3ccoc23)[nH]n1. The number of anilines is 1. The van der Waals surface area contributed by atoms with Gasteiger partial charge in [-0.05, 0) is 18.2 Å². The predicted octanol–water partition coefficient (Wildman–Crippen LogP) is 2.54. The van der Waals surface area contributed by atoms with Gasteiger partial charge in [0.15, 0.2) is 0 Å². The van der Waals surface area contributed by atoms with Crippen LogP contribution in [0.4, 0.5) is 10.2 Å². The Balaban J connectivity index is 2.36. The van der Waals surface area contributed by atoms with Crippen LogP contribution in [0.15, 0.2) is 34.9 Å². The van der Waals surface area contributed by atoms with Crippen molar-refractivity contribution in [2.45, 2.75) is 0 Å². The molecule has 4 nitrogen and oxygen atoms in total. The van der Waals surface area contributed by atoms with Crippen LogP contribution >= 0.6 is 0 Å². The molecule has 3 aromatic rings. The zero-order valence-corrected chi connectivity index (χ0v) is 8.20. The van der Waals surface area contributed by atoms with Crippen LogP contribution in [0.2, 0.25) is 0 Å². The number of benzene rings is 1. The molecule has 80 valence electrons. The lowest BCUT2D eigenvalue weighted by Crippen LogP contribution is -1.85.